The smallest absolute Gasteiger partial charge is 0.261 e. The Kier molecular flexibility index (Phi) is 5.78. The monoisotopic (exact) mass is 416 g/mol. The molecule has 0 spiro atoms. The summed E-state index contributed by atoms with van der Waals surface area (Å²) >= 11 is 0. The minimum atomic E-state index is -0.522. The molecule has 1 saturated heterocycles. The van der Waals surface area contributed by atoms with E-state index in [0.29, 0.717) is 30.0 Å². The molecule has 31 heavy (non-hydrogen) atoms. The van der Waals surface area contributed by atoms with E-state index in [-0.39, 0.29) is 11.8 Å². The van der Waals surface area contributed by atoms with Crippen LogP contribution in [0.4, 0.5) is 5.82 Å². The number of nitrogens with zero attached hydrogens (tertiary/aromatic N) is 6. The molecule has 0 bridgehead atoms. The fraction of sp³-hybridized carbons (Fsp3) is 0.348. The summed E-state index contributed by atoms with van der Waals surface area (Å²) in [6.45, 7) is 8.14. The summed E-state index contributed by atoms with van der Waals surface area (Å²) in [5.41, 5.74) is 2.73. The lowest BCUT2D eigenvalue weighted by Crippen LogP contribution is -2.48. The van der Waals surface area contributed by atoms with Crippen LogP contribution in [0.3, 0.4) is 0 Å². The van der Waals surface area contributed by atoms with Crippen molar-refractivity contribution in [2.45, 2.75) is 19.8 Å². The molecule has 8 heteroatoms. The Bertz CT molecular complexity index is 1060. The molecule has 0 saturated carbocycles. The van der Waals surface area contributed by atoms with Crippen molar-refractivity contribution >= 4 is 23.8 Å². The minimum Gasteiger partial charge on any atom is -0.336 e. The molecule has 1 unspecified atom stereocenters. The number of likely N-dealkylation sites (N-methyl/N-ethyl adjacent to an activating group) is 1. The third-order valence-electron chi connectivity index (χ3n) is 5.86. The molecular weight excluding hydrogens is 392 g/mol. The number of piperazine rings is 1. The number of nitriles is 1. The highest BCUT2D eigenvalue weighted by Gasteiger charge is 2.33. The van der Waals surface area contributed by atoms with Crippen molar-refractivity contribution in [1.29, 1.82) is 5.26 Å². The van der Waals surface area contributed by atoms with Gasteiger partial charge in [-0.15, -0.1) is 0 Å². The van der Waals surface area contributed by atoms with Gasteiger partial charge in [0, 0.05) is 38.6 Å². The van der Waals surface area contributed by atoms with E-state index in [0.717, 1.165) is 30.8 Å². The lowest BCUT2D eigenvalue weighted by atomic mass is 9.94. The molecule has 1 fully saturated rings. The summed E-state index contributed by atoms with van der Waals surface area (Å²) in [6.07, 6.45) is 3.09. The number of pyridine rings is 1. The number of carbonyl (C=O) groups is 2. The molecule has 4 rings (SSSR count). The average Bonchev–Trinajstić information content (AvgIpc) is 3.19. The number of hydrazone groups is 1. The number of amides is 2. The number of carbonyl (C=O) groups excluding carboxylic acids is 2. The summed E-state index contributed by atoms with van der Waals surface area (Å²) in [5.74, 6) is -0.402. The Morgan fingerprint density at radius 1 is 1.19 bits per heavy atom. The van der Waals surface area contributed by atoms with Gasteiger partial charge >= 0.3 is 0 Å². The fourth-order valence-electron chi connectivity index (χ4n) is 3.95. The molecule has 2 aliphatic heterocycles. The number of aromatic nitrogens is 1. The highest BCUT2D eigenvalue weighted by Crippen LogP contribution is 2.28. The predicted molar refractivity (Wildman–Crippen MR) is 117 cm³/mol. The number of benzene rings is 1. The SMILES string of the molecule is CCN1CCN(C(=O)c2ccc(N3N=CC(c4ccc(C#N)cc4C)C3=O)nc2)CC1. The van der Waals surface area contributed by atoms with Crippen molar-refractivity contribution in [3.63, 3.8) is 0 Å². The van der Waals surface area contributed by atoms with E-state index in [1.807, 2.05) is 11.8 Å². The van der Waals surface area contributed by atoms with Crippen molar-refractivity contribution < 1.29 is 9.59 Å². The van der Waals surface area contributed by atoms with E-state index in [1.165, 1.54) is 11.2 Å². The van der Waals surface area contributed by atoms with Gasteiger partial charge in [-0.25, -0.2) is 4.98 Å². The van der Waals surface area contributed by atoms with Crippen LogP contribution >= 0.6 is 0 Å². The zero-order chi connectivity index (χ0) is 22.0. The van der Waals surface area contributed by atoms with Crippen LogP contribution in [0.25, 0.3) is 0 Å². The standard InChI is InChI=1S/C23H24N6O2/c1-3-27-8-10-28(11-9-27)22(30)18-5-7-21(25-14-18)29-23(31)20(15-26-29)19-6-4-17(13-24)12-16(19)2/h4-7,12,14-15,20H,3,8-11H2,1-2H3. The van der Waals surface area contributed by atoms with Crippen LogP contribution in [0.15, 0.2) is 41.6 Å². The Morgan fingerprint density at radius 3 is 2.58 bits per heavy atom. The third kappa shape index (κ3) is 4.05. The van der Waals surface area contributed by atoms with Crippen molar-refractivity contribution in [2.75, 3.05) is 37.7 Å². The molecule has 3 heterocycles. The van der Waals surface area contributed by atoms with Gasteiger partial charge in [0.1, 0.15) is 5.92 Å². The van der Waals surface area contributed by atoms with Crippen molar-refractivity contribution in [2.24, 2.45) is 5.10 Å². The Balaban J connectivity index is 1.45. The Hall–Kier alpha value is -3.57. The highest BCUT2D eigenvalue weighted by molar-refractivity contribution is 6.12. The van der Waals surface area contributed by atoms with E-state index < -0.39 is 5.92 Å². The largest absolute Gasteiger partial charge is 0.336 e. The number of aryl methyl sites for hydroxylation is 1. The molecule has 0 N–H and O–H groups in total. The van der Waals surface area contributed by atoms with Gasteiger partial charge in [-0.3, -0.25) is 9.59 Å². The summed E-state index contributed by atoms with van der Waals surface area (Å²) in [7, 11) is 0. The molecule has 1 atom stereocenters. The van der Waals surface area contributed by atoms with Crippen LogP contribution in [-0.4, -0.2) is 65.5 Å². The minimum absolute atomic E-state index is 0.0443. The molecule has 0 radical (unpaired) electrons. The van der Waals surface area contributed by atoms with Crippen LogP contribution in [0.1, 0.15) is 39.9 Å². The van der Waals surface area contributed by atoms with E-state index in [1.54, 1.807) is 36.5 Å². The number of hydrogen-bond donors (Lipinski definition) is 0. The van der Waals surface area contributed by atoms with Gasteiger partial charge in [0.25, 0.3) is 11.8 Å². The number of hydrogen-bond acceptors (Lipinski definition) is 6. The average molecular weight is 416 g/mol. The van der Waals surface area contributed by atoms with Crippen LogP contribution in [0, 0.1) is 18.3 Å². The van der Waals surface area contributed by atoms with E-state index in [4.69, 9.17) is 5.26 Å². The highest BCUT2D eigenvalue weighted by atomic mass is 16.2. The summed E-state index contributed by atoms with van der Waals surface area (Å²) in [5, 5.41) is 14.5. The van der Waals surface area contributed by atoms with Crippen LogP contribution < -0.4 is 5.01 Å². The normalized spacial score (nSPS) is 19.0. The van der Waals surface area contributed by atoms with Gasteiger partial charge in [-0.1, -0.05) is 13.0 Å². The summed E-state index contributed by atoms with van der Waals surface area (Å²) in [4.78, 5) is 34.2. The zero-order valence-electron chi connectivity index (χ0n) is 17.7. The van der Waals surface area contributed by atoms with Crippen LogP contribution in [0.2, 0.25) is 0 Å². The number of rotatable bonds is 4. The van der Waals surface area contributed by atoms with Crippen LogP contribution in [-0.2, 0) is 4.79 Å². The zero-order valence-corrected chi connectivity index (χ0v) is 17.7. The first-order chi connectivity index (χ1) is 15.0. The molecule has 2 aliphatic rings. The molecule has 2 aromatic rings. The first kappa shape index (κ1) is 20.7. The van der Waals surface area contributed by atoms with Gasteiger partial charge in [-0.05, 0) is 48.9 Å². The van der Waals surface area contributed by atoms with Gasteiger partial charge < -0.3 is 9.80 Å². The molecule has 0 aliphatic carbocycles. The quantitative estimate of drug-likeness (QED) is 0.761. The van der Waals surface area contributed by atoms with E-state index in [9.17, 15) is 9.59 Å². The van der Waals surface area contributed by atoms with Crippen molar-refractivity contribution in [1.82, 2.24) is 14.8 Å². The molecule has 2 amide bonds. The molecule has 8 nitrogen and oxygen atoms in total. The van der Waals surface area contributed by atoms with E-state index in [2.05, 4.69) is 28.0 Å². The molecule has 158 valence electrons. The lowest BCUT2D eigenvalue weighted by molar-refractivity contribution is -0.118. The second kappa shape index (κ2) is 8.66. The first-order valence-electron chi connectivity index (χ1n) is 10.4. The summed E-state index contributed by atoms with van der Waals surface area (Å²) < 4.78 is 0. The van der Waals surface area contributed by atoms with Crippen LogP contribution in [0.5, 0.6) is 0 Å². The first-order valence-corrected chi connectivity index (χ1v) is 10.4. The van der Waals surface area contributed by atoms with Crippen molar-refractivity contribution in [3.8, 4) is 6.07 Å². The fourth-order valence-corrected chi connectivity index (χ4v) is 3.95. The maximum absolute atomic E-state index is 13.0. The molecule has 1 aromatic heterocycles. The summed E-state index contributed by atoms with van der Waals surface area (Å²) in [6, 6.07) is 10.7. The van der Waals surface area contributed by atoms with Gasteiger partial charge in [0.2, 0.25) is 0 Å². The maximum atomic E-state index is 13.0. The third-order valence-corrected chi connectivity index (χ3v) is 5.86. The number of anilines is 1. The van der Waals surface area contributed by atoms with Crippen molar-refractivity contribution in [3.05, 3.63) is 58.8 Å². The Morgan fingerprint density at radius 2 is 1.97 bits per heavy atom. The van der Waals surface area contributed by atoms with Gasteiger partial charge in [0.05, 0.1) is 17.2 Å². The van der Waals surface area contributed by atoms with Gasteiger partial charge in [0.15, 0.2) is 5.82 Å². The predicted octanol–water partition coefficient (Wildman–Crippen LogP) is 2.16. The topological polar surface area (TPSA) is 92.9 Å². The lowest BCUT2D eigenvalue weighted by Gasteiger charge is -2.34. The molecular formula is C23H24N6O2. The Labute approximate surface area is 181 Å². The molecule has 1 aromatic carbocycles. The maximum Gasteiger partial charge on any atom is 0.261 e. The van der Waals surface area contributed by atoms with Gasteiger partial charge in [-0.2, -0.15) is 15.4 Å². The van der Waals surface area contributed by atoms with E-state index >= 15 is 0 Å². The second-order valence-electron chi connectivity index (χ2n) is 7.71. The second-order valence-corrected chi connectivity index (χ2v) is 7.71.